The van der Waals surface area contributed by atoms with Crippen molar-refractivity contribution in [3.63, 3.8) is 0 Å². The highest BCUT2D eigenvalue weighted by Gasteiger charge is 2.24. The Morgan fingerprint density at radius 2 is 1.70 bits per heavy atom. The molecule has 1 amide bonds. The van der Waals surface area contributed by atoms with Gasteiger partial charge in [0.15, 0.2) is 5.17 Å². The van der Waals surface area contributed by atoms with Crippen LogP contribution >= 0.6 is 11.8 Å². The summed E-state index contributed by atoms with van der Waals surface area (Å²) in [4.78, 5) is 29.1. The van der Waals surface area contributed by atoms with Gasteiger partial charge < -0.3 is 15.2 Å². The van der Waals surface area contributed by atoms with E-state index in [0.29, 0.717) is 22.4 Å². The Kier molecular flexibility index (Phi) is 8.34. The van der Waals surface area contributed by atoms with E-state index in [1.165, 1.54) is 11.8 Å². The standard InChI is InChI=1S/C30H32N2O4S/c1-18(2)9-14-25(29(34)35)20-10-12-24(13-11-20)31-30-32-28(33)27(37-30)17-23-15-21-7-5-6-8-22(21)16-26(23)36-19(3)4/h5-8,10-13,15-19,25H,9,14H2,1-4H3,(H,34,35)(H,31,32,33). The normalized spacial score (nSPS) is 15.5. The molecule has 0 aromatic heterocycles. The number of hydrogen-bond donors (Lipinski definition) is 2. The Labute approximate surface area is 221 Å². The molecule has 1 heterocycles. The van der Waals surface area contributed by atoms with Gasteiger partial charge >= 0.3 is 5.97 Å². The number of hydrogen-bond acceptors (Lipinski definition) is 5. The summed E-state index contributed by atoms with van der Waals surface area (Å²) in [6.45, 7) is 8.13. The zero-order valence-electron chi connectivity index (χ0n) is 21.5. The van der Waals surface area contributed by atoms with E-state index < -0.39 is 11.9 Å². The molecule has 0 spiro atoms. The van der Waals surface area contributed by atoms with Gasteiger partial charge in [-0.05, 0) is 91.0 Å². The average Bonchev–Trinajstić information content (AvgIpc) is 3.18. The molecule has 1 atom stereocenters. The monoisotopic (exact) mass is 516 g/mol. The number of rotatable bonds is 9. The van der Waals surface area contributed by atoms with Gasteiger partial charge in [0, 0.05) is 11.3 Å². The van der Waals surface area contributed by atoms with Crippen molar-refractivity contribution in [2.24, 2.45) is 10.9 Å². The summed E-state index contributed by atoms with van der Waals surface area (Å²) in [5, 5.41) is 15.4. The first-order valence-electron chi connectivity index (χ1n) is 12.5. The Bertz CT molecular complexity index is 1360. The number of fused-ring (bicyclic) bond motifs is 1. The second-order valence-electron chi connectivity index (χ2n) is 9.85. The topological polar surface area (TPSA) is 88.0 Å². The number of benzene rings is 3. The van der Waals surface area contributed by atoms with Crippen molar-refractivity contribution in [2.75, 3.05) is 5.32 Å². The predicted molar refractivity (Wildman–Crippen MR) is 152 cm³/mol. The van der Waals surface area contributed by atoms with Gasteiger partial charge in [-0.25, -0.2) is 0 Å². The number of aliphatic carboxylic acids is 1. The summed E-state index contributed by atoms with van der Waals surface area (Å²) in [6.07, 6.45) is 3.27. The van der Waals surface area contributed by atoms with Gasteiger partial charge in [-0.15, -0.1) is 0 Å². The molecule has 1 unspecified atom stereocenters. The highest BCUT2D eigenvalue weighted by Crippen LogP contribution is 2.34. The lowest BCUT2D eigenvalue weighted by atomic mass is 9.91. The molecule has 7 heteroatoms. The second-order valence-corrected chi connectivity index (χ2v) is 10.9. The van der Waals surface area contributed by atoms with E-state index in [0.717, 1.165) is 39.8 Å². The van der Waals surface area contributed by atoms with Gasteiger partial charge in [0.2, 0.25) is 0 Å². The van der Waals surface area contributed by atoms with Crippen LogP contribution < -0.4 is 10.1 Å². The van der Waals surface area contributed by atoms with Crippen LogP contribution in [0.2, 0.25) is 0 Å². The lowest BCUT2D eigenvalue weighted by molar-refractivity contribution is -0.139. The van der Waals surface area contributed by atoms with Crippen molar-refractivity contribution >= 4 is 51.3 Å². The van der Waals surface area contributed by atoms with Crippen LogP contribution in [0, 0.1) is 5.92 Å². The third-order valence-corrected chi connectivity index (χ3v) is 6.94. The maximum Gasteiger partial charge on any atom is 0.310 e. The van der Waals surface area contributed by atoms with Gasteiger partial charge in [0.05, 0.1) is 16.9 Å². The van der Waals surface area contributed by atoms with Crippen molar-refractivity contribution in [2.45, 2.75) is 52.6 Å². The SMILES string of the molecule is CC(C)CCC(C(=O)O)c1ccc(NC2=NC(=O)C(=Cc3cc4ccccc4cc3OC(C)C)S2)cc1. The number of amidine groups is 1. The molecule has 0 fully saturated rings. The fourth-order valence-corrected chi connectivity index (χ4v) is 4.99. The molecule has 0 radical (unpaired) electrons. The largest absolute Gasteiger partial charge is 0.490 e. The molecule has 0 bridgehead atoms. The lowest BCUT2D eigenvalue weighted by Gasteiger charge is -2.15. The van der Waals surface area contributed by atoms with Gasteiger partial charge in [-0.2, -0.15) is 4.99 Å². The molecular weight excluding hydrogens is 484 g/mol. The van der Waals surface area contributed by atoms with Crippen molar-refractivity contribution in [3.05, 3.63) is 76.7 Å². The smallest absolute Gasteiger partial charge is 0.310 e. The number of carbonyl (C=O) groups excluding carboxylic acids is 1. The molecule has 0 aliphatic carbocycles. The summed E-state index contributed by atoms with van der Waals surface area (Å²) in [5.41, 5.74) is 2.34. The molecular formula is C30H32N2O4S. The Morgan fingerprint density at radius 1 is 1.03 bits per heavy atom. The summed E-state index contributed by atoms with van der Waals surface area (Å²) < 4.78 is 6.04. The number of ether oxygens (including phenoxy) is 1. The molecule has 1 aliphatic rings. The van der Waals surface area contributed by atoms with Crippen LogP contribution in [0.15, 0.2) is 70.6 Å². The predicted octanol–water partition coefficient (Wildman–Crippen LogP) is 7.31. The molecule has 3 aromatic rings. The van der Waals surface area contributed by atoms with E-state index >= 15 is 0 Å². The zero-order valence-corrected chi connectivity index (χ0v) is 22.3. The zero-order chi connectivity index (χ0) is 26.5. The maximum absolute atomic E-state index is 12.7. The molecule has 4 rings (SSSR count). The average molecular weight is 517 g/mol. The van der Waals surface area contributed by atoms with Crippen LogP contribution in [-0.2, 0) is 9.59 Å². The number of thioether (sulfide) groups is 1. The molecule has 2 N–H and O–H groups in total. The number of anilines is 1. The first-order chi connectivity index (χ1) is 17.7. The lowest BCUT2D eigenvalue weighted by Crippen LogP contribution is -2.13. The van der Waals surface area contributed by atoms with E-state index in [1.54, 1.807) is 0 Å². The number of carbonyl (C=O) groups is 2. The minimum Gasteiger partial charge on any atom is -0.490 e. The first-order valence-corrected chi connectivity index (χ1v) is 13.3. The number of carboxylic acid groups (broad SMARTS) is 1. The minimum atomic E-state index is -0.813. The molecule has 0 saturated carbocycles. The molecule has 0 saturated heterocycles. The second kappa shape index (κ2) is 11.6. The molecule has 37 heavy (non-hydrogen) atoms. The van der Waals surface area contributed by atoms with Gasteiger partial charge in [-0.1, -0.05) is 50.2 Å². The molecule has 6 nitrogen and oxygen atoms in total. The summed E-state index contributed by atoms with van der Waals surface area (Å²) in [6, 6.07) is 19.4. The number of aliphatic imine (C=N–C) groups is 1. The summed E-state index contributed by atoms with van der Waals surface area (Å²) in [7, 11) is 0. The van der Waals surface area contributed by atoms with Crippen molar-refractivity contribution in [1.29, 1.82) is 0 Å². The van der Waals surface area contributed by atoms with Crippen LogP contribution in [0.4, 0.5) is 5.69 Å². The summed E-state index contributed by atoms with van der Waals surface area (Å²) >= 11 is 1.27. The fourth-order valence-electron chi connectivity index (χ4n) is 4.16. The molecule has 3 aromatic carbocycles. The third kappa shape index (κ3) is 6.80. The van der Waals surface area contributed by atoms with E-state index in [9.17, 15) is 14.7 Å². The van der Waals surface area contributed by atoms with Crippen LogP contribution in [0.3, 0.4) is 0 Å². The first kappa shape index (κ1) is 26.5. The van der Waals surface area contributed by atoms with Crippen LogP contribution in [-0.4, -0.2) is 28.3 Å². The van der Waals surface area contributed by atoms with Crippen LogP contribution in [0.1, 0.15) is 57.6 Å². The Morgan fingerprint density at radius 3 is 2.32 bits per heavy atom. The fraction of sp³-hybridized carbons (Fsp3) is 0.300. The molecule has 1 aliphatic heterocycles. The Balaban J connectivity index is 1.50. The third-order valence-electron chi connectivity index (χ3n) is 6.04. The van der Waals surface area contributed by atoms with E-state index in [2.05, 4.69) is 24.2 Å². The quantitative estimate of drug-likeness (QED) is 0.290. The minimum absolute atomic E-state index is 0.00667. The van der Waals surface area contributed by atoms with Crippen molar-refractivity contribution in [1.82, 2.24) is 0 Å². The molecule has 192 valence electrons. The highest BCUT2D eigenvalue weighted by atomic mass is 32.2. The van der Waals surface area contributed by atoms with Gasteiger partial charge in [0.25, 0.3) is 5.91 Å². The van der Waals surface area contributed by atoms with E-state index in [-0.39, 0.29) is 12.0 Å². The van der Waals surface area contributed by atoms with E-state index in [1.807, 2.05) is 80.6 Å². The van der Waals surface area contributed by atoms with E-state index in [4.69, 9.17) is 4.74 Å². The highest BCUT2D eigenvalue weighted by molar-refractivity contribution is 8.18. The van der Waals surface area contributed by atoms with Crippen molar-refractivity contribution in [3.8, 4) is 5.75 Å². The van der Waals surface area contributed by atoms with Crippen molar-refractivity contribution < 1.29 is 19.4 Å². The number of amides is 1. The van der Waals surface area contributed by atoms with Gasteiger partial charge in [0.1, 0.15) is 5.75 Å². The number of nitrogens with one attached hydrogen (secondary N) is 1. The van der Waals surface area contributed by atoms with Crippen LogP contribution in [0.25, 0.3) is 16.8 Å². The van der Waals surface area contributed by atoms with Crippen LogP contribution in [0.5, 0.6) is 5.75 Å². The number of nitrogens with zero attached hydrogens (tertiary/aromatic N) is 1. The van der Waals surface area contributed by atoms with Gasteiger partial charge in [-0.3, -0.25) is 9.59 Å². The Hall–Kier alpha value is -3.58. The number of carboxylic acids is 1. The summed E-state index contributed by atoms with van der Waals surface area (Å²) in [5.74, 6) is -0.492. The maximum atomic E-state index is 12.7.